The summed E-state index contributed by atoms with van der Waals surface area (Å²) in [6.07, 6.45) is 10.0. The van der Waals surface area contributed by atoms with E-state index < -0.39 is 15.9 Å². The van der Waals surface area contributed by atoms with Crippen LogP contribution in [0.15, 0.2) is 84.7 Å². The van der Waals surface area contributed by atoms with E-state index in [-0.39, 0.29) is 17.1 Å². The summed E-state index contributed by atoms with van der Waals surface area (Å²) in [5.41, 5.74) is 3.56. The Morgan fingerprint density at radius 2 is 1.97 bits per heavy atom. The monoisotopic (exact) mass is 469 g/mol. The van der Waals surface area contributed by atoms with Crippen LogP contribution < -0.4 is 0 Å². The molecule has 0 bridgehead atoms. The molecule has 4 heterocycles. The van der Waals surface area contributed by atoms with Gasteiger partial charge in [0.05, 0.1) is 41.1 Å². The zero-order valence-corrected chi connectivity index (χ0v) is 18.7. The van der Waals surface area contributed by atoms with E-state index in [4.69, 9.17) is 0 Å². The van der Waals surface area contributed by atoms with Gasteiger partial charge in [-0.2, -0.15) is 10.4 Å². The number of fused-ring (bicyclic) bond motifs is 1. The zero-order chi connectivity index (χ0) is 23.5. The van der Waals surface area contributed by atoms with Crippen LogP contribution in [-0.2, 0) is 15.6 Å². The average Bonchev–Trinajstić information content (AvgIpc) is 3.53. The van der Waals surface area contributed by atoms with Gasteiger partial charge in [-0.25, -0.2) is 18.4 Å². The third-order valence-electron chi connectivity index (χ3n) is 5.54. The molecule has 9 nitrogen and oxygen atoms in total. The fraction of sp³-hybridized carbons (Fsp3) is 0.125. The van der Waals surface area contributed by atoms with Crippen LogP contribution in [0.1, 0.15) is 23.6 Å². The number of benzene rings is 1. The van der Waals surface area contributed by atoms with Crippen molar-refractivity contribution in [3.63, 3.8) is 0 Å². The maximum Gasteiger partial charge on any atom is 0.182 e. The van der Waals surface area contributed by atoms with Crippen molar-refractivity contribution in [3.8, 4) is 17.3 Å². The maximum absolute atomic E-state index is 13.0. The lowest BCUT2D eigenvalue weighted by molar-refractivity contribution is 0.531. The van der Waals surface area contributed by atoms with Crippen molar-refractivity contribution in [3.05, 3.63) is 90.9 Å². The van der Waals surface area contributed by atoms with E-state index in [0.717, 1.165) is 22.3 Å². The van der Waals surface area contributed by atoms with Crippen LogP contribution >= 0.6 is 0 Å². The Morgan fingerprint density at radius 1 is 1.12 bits per heavy atom. The van der Waals surface area contributed by atoms with Gasteiger partial charge in [-0.1, -0.05) is 12.1 Å². The standard InChI is InChI=1S/C24H19N7O2S/c25-8-4-22(31-14-19(13-30-31)23-21-7-11-27-24(21)29-16-28-23)18-2-1-3-20(12-18)34(32,33)15-17-5-9-26-10-6-17/h1-3,5-7,9-14,16,22H,4,15H2,(H,27,28,29). The van der Waals surface area contributed by atoms with Crippen LogP contribution in [0.5, 0.6) is 0 Å². The number of nitrogens with one attached hydrogen (secondary N) is 1. The van der Waals surface area contributed by atoms with Crippen molar-refractivity contribution < 1.29 is 8.42 Å². The van der Waals surface area contributed by atoms with Gasteiger partial charge in [-0.3, -0.25) is 9.67 Å². The summed E-state index contributed by atoms with van der Waals surface area (Å²) in [6.45, 7) is 0. The van der Waals surface area contributed by atoms with E-state index in [1.165, 1.54) is 6.33 Å². The largest absolute Gasteiger partial charge is 0.346 e. The van der Waals surface area contributed by atoms with Gasteiger partial charge in [0, 0.05) is 35.7 Å². The molecule has 0 aliphatic carbocycles. The van der Waals surface area contributed by atoms with Gasteiger partial charge in [0.2, 0.25) is 0 Å². The van der Waals surface area contributed by atoms with Crippen molar-refractivity contribution in [1.82, 2.24) is 29.7 Å². The van der Waals surface area contributed by atoms with Crippen LogP contribution in [0.2, 0.25) is 0 Å². The number of nitrogens with zero attached hydrogens (tertiary/aromatic N) is 6. The summed E-state index contributed by atoms with van der Waals surface area (Å²) in [5.74, 6) is -0.131. The molecule has 168 valence electrons. The Bertz CT molecular complexity index is 1600. The first-order valence-electron chi connectivity index (χ1n) is 10.5. The molecule has 1 aromatic carbocycles. The van der Waals surface area contributed by atoms with E-state index in [2.05, 4.69) is 31.1 Å². The summed E-state index contributed by atoms with van der Waals surface area (Å²) in [7, 11) is -3.58. The lowest BCUT2D eigenvalue weighted by Gasteiger charge is -2.16. The minimum absolute atomic E-state index is 0.123. The van der Waals surface area contributed by atoms with Crippen LogP contribution in [0.4, 0.5) is 0 Å². The highest BCUT2D eigenvalue weighted by Gasteiger charge is 2.21. The fourth-order valence-electron chi connectivity index (χ4n) is 3.88. The number of rotatable bonds is 7. The first-order chi connectivity index (χ1) is 16.5. The predicted molar refractivity (Wildman–Crippen MR) is 125 cm³/mol. The number of pyridine rings is 1. The smallest absolute Gasteiger partial charge is 0.182 e. The predicted octanol–water partition coefficient (Wildman–Crippen LogP) is 3.69. The van der Waals surface area contributed by atoms with Gasteiger partial charge >= 0.3 is 0 Å². The quantitative estimate of drug-likeness (QED) is 0.385. The number of sulfone groups is 1. The Kier molecular flexibility index (Phi) is 5.61. The number of nitriles is 1. The second kappa shape index (κ2) is 8.88. The van der Waals surface area contributed by atoms with Gasteiger partial charge in [0.1, 0.15) is 12.0 Å². The number of hydrogen-bond acceptors (Lipinski definition) is 7. The van der Waals surface area contributed by atoms with E-state index in [1.807, 2.05) is 18.3 Å². The van der Waals surface area contributed by atoms with Crippen molar-refractivity contribution in [2.45, 2.75) is 23.1 Å². The number of aromatic nitrogens is 6. The number of hydrogen-bond donors (Lipinski definition) is 1. The molecule has 10 heteroatoms. The molecule has 4 aromatic heterocycles. The number of aromatic amines is 1. The van der Waals surface area contributed by atoms with Crippen molar-refractivity contribution in [1.29, 1.82) is 5.26 Å². The Morgan fingerprint density at radius 3 is 2.79 bits per heavy atom. The van der Waals surface area contributed by atoms with Crippen LogP contribution in [-0.4, -0.2) is 38.1 Å². The zero-order valence-electron chi connectivity index (χ0n) is 17.9. The van der Waals surface area contributed by atoms with E-state index in [1.54, 1.807) is 59.8 Å². The Balaban J connectivity index is 1.49. The van der Waals surface area contributed by atoms with Crippen LogP contribution in [0, 0.1) is 11.3 Å². The molecule has 5 aromatic rings. The molecule has 0 aliphatic heterocycles. The summed E-state index contributed by atoms with van der Waals surface area (Å²) >= 11 is 0. The first kappa shape index (κ1) is 21.5. The minimum atomic E-state index is -3.58. The third kappa shape index (κ3) is 4.16. The van der Waals surface area contributed by atoms with E-state index in [0.29, 0.717) is 11.1 Å². The fourth-order valence-corrected chi connectivity index (χ4v) is 5.28. The van der Waals surface area contributed by atoms with Gasteiger partial charge in [-0.15, -0.1) is 0 Å². The first-order valence-corrected chi connectivity index (χ1v) is 12.1. The Labute approximate surface area is 195 Å². The Hall–Kier alpha value is -4.36. The minimum Gasteiger partial charge on any atom is -0.346 e. The highest BCUT2D eigenvalue weighted by Crippen LogP contribution is 2.29. The molecule has 0 saturated heterocycles. The molecule has 0 spiro atoms. The molecule has 1 N–H and O–H groups in total. The molecular weight excluding hydrogens is 450 g/mol. The van der Waals surface area contributed by atoms with E-state index in [9.17, 15) is 13.7 Å². The molecule has 0 saturated carbocycles. The highest BCUT2D eigenvalue weighted by molar-refractivity contribution is 7.90. The summed E-state index contributed by atoms with van der Waals surface area (Å²) < 4.78 is 27.7. The second-order valence-electron chi connectivity index (χ2n) is 7.74. The molecule has 5 rings (SSSR count). The summed E-state index contributed by atoms with van der Waals surface area (Å²) in [5, 5.41) is 14.8. The normalized spacial score (nSPS) is 12.4. The maximum atomic E-state index is 13.0. The molecule has 0 amide bonds. The van der Waals surface area contributed by atoms with Gasteiger partial charge in [0.25, 0.3) is 0 Å². The topological polar surface area (TPSA) is 130 Å². The highest BCUT2D eigenvalue weighted by atomic mass is 32.2. The van der Waals surface area contributed by atoms with Crippen molar-refractivity contribution >= 4 is 20.9 Å². The lowest BCUT2D eigenvalue weighted by atomic mass is 10.0. The van der Waals surface area contributed by atoms with Gasteiger partial charge in [0.15, 0.2) is 9.84 Å². The molecule has 0 fully saturated rings. The lowest BCUT2D eigenvalue weighted by Crippen LogP contribution is -2.12. The van der Waals surface area contributed by atoms with Gasteiger partial charge < -0.3 is 4.98 Å². The molecule has 1 unspecified atom stereocenters. The van der Waals surface area contributed by atoms with Crippen LogP contribution in [0.25, 0.3) is 22.3 Å². The number of H-pyrrole nitrogens is 1. The molecule has 0 radical (unpaired) electrons. The molecule has 34 heavy (non-hydrogen) atoms. The SMILES string of the molecule is N#CCC(c1cccc(S(=O)(=O)Cc2ccncc2)c1)n1cc(-c2ncnc3[nH]ccc23)cn1. The van der Waals surface area contributed by atoms with Gasteiger partial charge in [-0.05, 0) is 41.5 Å². The third-order valence-corrected chi connectivity index (χ3v) is 7.23. The van der Waals surface area contributed by atoms with E-state index >= 15 is 0 Å². The molecule has 0 aliphatic rings. The van der Waals surface area contributed by atoms with Crippen molar-refractivity contribution in [2.75, 3.05) is 0 Å². The van der Waals surface area contributed by atoms with Crippen LogP contribution in [0.3, 0.4) is 0 Å². The van der Waals surface area contributed by atoms with Crippen molar-refractivity contribution in [2.24, 2.45) is 0 Å². The second-order valence-corrected chi connectivity index (χ2v) is 9.73. The molecule has 1 atom stereocenters. The summed E-state index contributed by atoms with van der Waals surface area (Å²) in [6, 6.07) is 13.7. The average molecular weight is 470 g/mol. The molecular formula is C24H19N7O2S. The summed E-state index contributed by atoms with van der Waals surface area (Å²) in [4.78, 5) is 15.8.